The van der Waals surface area contributed by atoms with Crippen LogP contribution in [-0.4, -0.2) is 10.9 Å². The van der Waals surface area contributed by atoms with E-state index in [0.29, 0.717) is 12.1 Å². The van der Waals surface area contributed by atoms with E-state index in [1.807, 2.05) is 71.0 Å². The summed E-state index contributed by atoms with van der Waals surface area (Å²) in [6.45, 7) is 0.575. The molecule has 23 heavy (non-hydrogen) atoms. The maximum absolute atomic E-state index is 12.9. The maximum atomic E-state index is 12.9. The van der Waals surface area contributed by atoms with E-state index in [-0.39, 0.29) is 5.91 Å². The molecule has 0 radical (unpaired) electrons. The number of carbonyl (C=O) groups excluding carboxylic acids is 1. The van der Waals surface area contributed by atoms with Gasteiger partial charge in [-0.2, -0.15) is 0 Å². The van der Waals surface area contributed by atoms with Crippen molar-refractivity contribution in [3.8, 4) is 0 Å². The van der Waals surface area contributed by atoms with Gasteiger partial charge < -0.3 is 4.90 Å². The van der Waals surface area contributed by atoms with E-state index in [1.54, 1.807) is 6.20 Å². The lowest BCUT2D eigenvalue weighted by molar-refractivity contribution is -0.113. The first-order valence-electron chi connectivity index (χ1n) is 7.39. The Labute approximate surface area is 138 Å². The van der Waals surface area contributed by atoms with Crippen molar-refractivity contribution in [1.82, 2.24) is 4.98 Å². The Morgan fingerprint density at radius 3 is 2.61 bits per heavy atom. The van der Waals surface area contributed by atoms with Crippen LogP contribution in [0.2, 0.25) is 0 Å². The van der Waals surface area contributed by atoms with Crippen molar-refractivity contribution < 1.29 is 4.79 Å². The van der Waals surface area contributed by atoms with Crippen molar-refractivity contribution in [2.45, 2.75) is 6.54 Å². The van der Waals surface area contributed by atoms with Gasteiger partial charge in [0.2, 0.25) is 0 Å². The predicted molar refractivity (Wildman–Crippen MR) is 94.1 cm³/mol. The average Bonchev–Trinajstić information content (AvgIpc) is 3.19. The molecule has 0 saturated carbocycles. The Hall–Kier alpha value is -2.72. The van der Waals surface area contributed by atoms with Gasteiger partial charge in [0, 0.05) is 17.1 Å². The van der Waals surface area contributed by atoms with Crippen LogP contribution < -0.4 is 4.90 Å². The van der Waals surface area contributed by atoms with E-state index < -0.39 is 0 Å². The van der Waals surface area contributed by atoms with Crippen LogP contribution in [0.1, 0.15) is 16.1 Å². The number of para-hydroxylation sites is 1. The second-order valence-corrected chi connectivity index (χ2v) is 6.25. The minimum absolute atomic E-state index is 0.0326. The molecule has 2 heterocycles. The first-order valence-corrected chi connectivity index (χ1v) is 8.27. The minimum atomic E-state index is 0.0326. The fourth-order valence-corrected chi connectivity index (χ4v) is 3.37. The summed E-state index contributed by atoms with van der Waals surface area (Å²) in [6.07, 6.45) is 3.64. The van der Waals surface area contributed by atoms with Crippen LogP contribution in [0.15, 0.2) is 66.2 Å². The number of fused-ring (bicyclic) bond motifs is 1. The van der Waals surface area contributed by atoms with Crippen LogP contribution in [0.25, 0.3) is 11.6 Å². The Bertz CT molecular complexity index is 869. The zero-order valence-electron chi connectivity index (χ0n) is 12.3. The third kappa shape index (κ3) is 2.58. The molecule has 4 rings (SSSR count). The maximum Gasteiger partial charge on any atom is 0.259 e. The number of hydrogen-bond donors (Lipinski definition) is 0. The zero-order valence-corrected chi connectivity index (χ0v) is 13.2. The lowest BCUT2D eigenvalue weighted by Gasteiger charge is -2.17. The number of anilines is 1. The highest BCUT2D eigenvalue weighted by Crippen LogP contribution is 2.38. The van der Waals surface area contributed by atoms with Crippen molar-refractivity contribution in [2.75, 3.05) is 4.90 Å². The summed E-state index contributed by atoms with van der Waals surface area (Å²) in [4.78, 5) is 19.0. The molecule has 0 unspecified atom stereocenters. The number of aromatic nitrogens is 1. The summed E-state index contributed by atoms with van der Waals surface area (Å²) >= 11 is 1.53. The number of benzene rings is 2. The van der Waals surface area contributed by atoms with Crippen molar-refractivity contribution in [2.24, 2.45) is 0 Å². The van der Waals surface area contributed by atoms with Gasteiger partial charge in [-0.25, -0.2) is 4.98 Å². The molecule has 1 aliphatic rings. The van der Waals surface area contributed by atoms with Crippen LogP contribution in [0, 0.1) is 0 Å². The molecule has 0 fully saturated rings. The molecule has 3 nitrogen and oxygen atoms in total. The molecule has 0 aliphatic carbocycles. The highest BCUT2D eigenvalue weighted by atomic mass is 32.1. The zero-order chi connectivity index (χ0) is 15.6. The lowest BCUT2D eigenvalue weighted by atomic mass is 10.1. The molecular weight excluding hydrogens is 304 g/mol. The topological polar surface area (TPSA) is 33.2 Å². The van der Waals surface area contributed by atoms with Gasteiger partial charge in [0.15, 0.2) is 0 Å². The SMILES string of the molecule is O=C1/C(=C/c2nccs2)c2ccccc2N1Cc1ccccc1. The summed E-state index contributed by atoms with van der Waals surface area (Å²) < 4.78 is 0. The number of carbonyl (C=O) groups is 1. The standard InChI is InChI=1S/C19H14N2OS/c22-19-16(12-18-20-10-11-23-18)15-8-4-5-9-17(15)21(19)13-14-6-2-1-3-7-14/h1-12H,13H2/b16-12+. The van der Waals surface area contributed by atoms with Gasteiger partial charge >= 0.3 is 0 Å². The van der Waals surface area contributed by atoms with Gasteiger partial charge in [0.1, 0.15) is 5.01 Å². The average molecular weight is 318 g/mol. The van der Waals surface area contributed by atoms with Gasteiger partial charge in [0.25, 0.3) is 5.91 Å². The molecule has 112 valence electrons. The quantitative estimate of drug-likeness (QED) is 0.677. The van der Waals surface area contributed by atoms with Crippen molar-refractivity contribution in [3.05, 3.63) is 82.3 Å². The van der Waals surface area contributed by atoms with Gasteiger partial charge in [-0.1, -0.05) is 48.5 Å². The van der Waals surface area contributed by atoms with Crippen molar-refractivity contribution in [3.63, 3.8) is 0 Å². The van der Waals surface area contributed by atoms with Crippen LogP contribution in [0.4, 0.5) is 5.69 Å². The number of thiazole rings is 1. The molecule has 3 aromatic rings. The van der Waals surface area contributed by atoms with Crippen molar-refractivity contribution in [1.29, 1.82) is 0 Å². The number of rotatable bonds is 3. The largest absolute Gasteiger partial charge is 0.303 e. The number of amides is 1. The smallest absolute Gasteiger partial charge is 0.259 e. The molecule has 4 heteroatoms. The molecule has 0 bridgehead atoms. The fourth-order valence-electron chi connectivity index (χ4n) is 2.80. The number of hydrogen-bond acceptors (Lipinski definition) is 3. The summed E-state index contributed by atoms with van der Waals surface area (Å²) in [7, 11) is 0. The highest BCUT2D eigenvalue weighted by molar-refractivity contribution is 7.10. The Balaban J connectivity index is 1.76. The van der Waals surface area contributed by atoms with Crippen LogP contribution in [0.5, 0.6) is 0 Å². The Morgan fingerprint density at radius 1 is 1.04 bits per heavy atom. The highest BCUT2D eigenvalue weighted by Gasteiger charge is 2.32. The summed E-state index contributed by atoms with van der Waals surface area (Å²) in [5.74, 6) is 0.0326. The van der Waals surface area contributed by atoms with E-state index in [1.165, 1.54) is 11.3 Å². The fraction of sp³-hybridized carbons (Fsp3) is 0.0526. The normalized spacial score (nSPS) is 15.2. The third-order valence-corrected chi connectivity index (χ3v) is 4.59. The predicted octanol–water partition coefficient (Wildman–Crippen LogP) is 4.23. The van der Waals surface area contributed by atoms with Crippen LogP contribution in [-0.2, 0) is 11.3 Å². The minimum Gasteiger partial charge on any atom is -0.303 e. The number of nitrogens with zero attached hydrogens (tertiary/aromatic N) is 2. The van der Waals surface area contributed by atoms with Gasteiger partial charge in [-0.05, 0) is 17.7 Å². The Kier molecular flexibility index (Phi) is 3.52. The van der Waals surface area contributed by atoms with Crippen molar-refractivity contribution >= 4 is 34.6 Å². The van der Waals surface area contributed by atoms with Crippen LogP contribution in [0.3, 0.4) is 0 Å². The molecule has 1 aromatic heterocycles. The van der Waals surface area contributed by atoms with E-state index in [0.717, 1.165) is 21.8 Å². The molecule has 1 aliphatic heterocycles. The monoisotopic (exact) mass is 318 g/mol. The summed E-state index contributed by atoms with van der Waals surface area (Å²) in [5.41, 5.74) is 3.77. The van der Waals surface area contributed by atoms with E-state index in [9.17, 15) is 4.79 Å². The van der Waals surface area contributed by atoms with Gasteiger partial charge in [0.05, 0.1) is 17.8 Å². The molecule has 2 aromatic carbocycles. The molecule has 0 saturated heterocycles. The summed E-state index contributed by atoms with van der Waals surface area (Å²) in [5, 5.41) is 2.77. The molecule has 0 atom stereocenters. The Morgan fingerprint density at radius 2 is 1.83 bits per heavy atom. The molecule has 0 N–H and O–H groups in total. The van der Waals surface area contributed by atoms with E-state index in [4.69, 9.17) is 0 Å². The summed E-state index contributed by atoms with van der Waals surface area (Å²) in [6, 6.07) is 18.0. The van der Waals surface area contributed by atoms with Gasteiger partial charge in [-0.15, -0.1) is 11.3 Å². The van der Waals surface area contributed by atoms with E-state index >= 15 is 0 Å². The van der Waals surface area contributed by atoms with Crippen LogP contribution >= 0.6 is 11.3 Å². The second-order valence-electron chi connectivity index (χ2n) is 5.32. The molecule has 0 spiro atoms. The second kappa shape index (κ2) is 5.82. The van der Waals surface area contributed by atoms with Gasteiger partial charge in [-0.3, -0.25) is 4.79 Å². The molecule has 1 amide bonds. The van der Waals surface area contributed by atoms with E-state index in [2.05, 4.69) is 4.98 Å². The lowest BCUT2D eigenvalue weighted by Crippen LogP contribution is -2.25. The third-order valence-electron chi connectivity index (χ3n) is 3.86. The molecular formula is C19H14N2OS. The first kappa shape index (κ1) is 13.9. The first-order chi connectivity index (χ1) is 11.3.